The molecule has 0 aromatic carbocycles. The maximum atomic E-state index is 11.0. The van der Waals surface area contributed by atoms with Gasteiger partial charge in [0.25, 0.3) is 0 Å². The van der Waals surface area contributed by atoms with Gasteiger partial charge in [-0.2, -0.15) is 0 Å². The molecule has 2 unspecified atom stereocenters. The molecule has 4 nitrogen and oxygen atoms in total. The van der Waals surface area contributed by atoms with Crippen LogP contribution in [0.25, 0.3) is 0 Å². The molecule has 1 aliphatic heterocycles. The van der Waals surface area contributed by atoms with Crippen molar-refractivity contribution in [2.75, 3.05) is 6.54 Å². The Kier molecular flexibility index (Phi) is 3.51. The number of rotatable bonds is 4. The number of nitrogens with one attached hydrogen (secondary N) is 2. The monoisotopic (exact) mass is 219 g/mol. The molecule has 1 aromatic heterocycles. The number of pyridine rings is 1. The topological polar surface area (TPSA) is 54.0 Å². The Bertz CT molecular complexity index is 353. The van der Waals surface area contributed by atoms with E-state index in [0.717, 1.165) is 13.0 Å². The highest BCUT2D eigenvalue weighted by Gasteiger charge is 2.20. The largest absolute Gasteiger partial charge is 0.352 e. The first kappa shape index (κ1) is 11.1. The van der Waals surface area contributed by atoms with Crippen LogP contribution in [0.4, 0.5) is 0 Å². The number of carbonyl (C=O) groups is 1. The smallest absolute Gasteiger partial charge is 0.220 e. The Morgan fingerprint density at radius 3 is 2.94 bits per heavy atom. The van der Waals surface area contributed by atoms with E-state index in [1.54, 1.807) is 12.4 Å². The molecule has 1 amide bonds. The Morgan fingerprint density at radius 2 is 2.31 bits per heavy atom. The molecule has 2 rings (SSSR count). The molecule has 2 heterocycles. The minimum atomic E-state index is 0.170. The van der Waals surface area contributed by atoms with E-state index < -0.39 is 0 Å². The zero-order valence-corrected chi connectivity index (χ0v) is 9.44. The van der Waals surface area contributed by atoms with Crippen LogP contribution in [0.1, 0.15) is 31.4 Å². The molecule has 2 atom stereocenters. The van der Waals surface area contributed by atoms with Gasteiger partial charge in [-0.05, 0) is 31.0 Å². The summed E-state index contributed by atoms with van der Waals surface area (Å²) < 4.78 is 0. The lowest BCUT2D eigenvalue weighted by Crippen LogP contribution is -2.36. The van der Waals surface area contributed by atoms with Gasteiger partial charge in [-0.25, -0.2) is 0 Å². The molecule has 4 heteroatoms. The summed E-state index contributed by atoms with van der Waals surface area (Å²) in [6.45, 7) is 2.95. The third-order valence-electron chi connectivity index (χ3n) is 2.96. The molecule has 0 radical (unpaired) electrons. The summed E-state index contributed by atoms with van der Waals surface area (Å²) >= 11 is 0. The molecule has 2 N–H and O–H groups in total. The summed E-state index contributed by atoms with van der Waals surface area (Å²) in [4.78, 5) is 15.0. The van der Waals surface area contributed by atoms with Crippen LogP contribution in [-0.4, -0.2) is 23.5 Å². The first-order valence-electron chi connectivity index (χ1n) is 5.68. The SMILES string of the molecule is CC(NCC1CCC(=O)N1)c1ccncc1. The van der Waals surface area contributed by atoms with E-state index in [-0.39, 0.29) is 11.9 Å². The number of nitrogens with zero attached hydrogens (tertiary/aromatic N) is 1. The predicted molar refractivity (Wildman–Crippen MR) is 61.8 cm³/mol. The fraction of sp³-hybridized carbons (Fsp3) is 0.500. The van der Waals surface area contributed by atoms with Gasteiger partial charge in [-0.1, -0.05) is 0 Å². The molecule has 86 valence electrons. The van der Waals surface area contributed by atoms with E-state index in [2.05, 4.69) is 22.5 Å². The lowest BCUT2D eigenvalue weighted by atomic mass is 10.1. The van der Waals surface area contributed by atoms with E-state index in [9.17, 15) is 4.79 Å². The normalized spacial score (nSPS) is 21.8. The number of hydrogen-bond donors (Lipinski definition) is 2. The number of hydrogen-bond acceptors (Lipinski definition) is 3. The van der Waals surface area contributed by atoms with Gasteiger partial charge in [0, 0.05) is 37.4 Å². The van der Waals surface area contributed by atoms with Crippen molar-refractivity contribution in [2.45, 2.75) is 31.8 Å². The van der Waals surface area contributed by atoms with Crippen molar-refractivity contribution in [3.05, 3.63) is 30.1 Å². The molecule has 0 spiro atoms. The Hall–Kier alpha value is -1.42. The molecular formula is C12H17N3O. The fourth-order valence-electron chi connectivity index (χ4n) is 1.92. The van der Waals surface area contributed by atoms with Gasteiger partial charge in [-0.15, -0.1) is 0 Å². The van der Waals surface area contributed by atoms with Crippen LogP contribution in [0.15, 0.2) is 24.5 Å². The summed E-state index contributed by atoms with van der Waals surface area (Å²) in [6, 6.07) is 4.59. The average molecular weight is 219 g/mol. The highest BCUT2D eigenvalue weighted by molar-refractivity contribution is 5.78. The van der Waals surface area contributed by atoms with Crippen LogP contribution >= 0.6 is 0 Å². The Labute approximate surface area is 95.5 Å². The third-order valence-corrected chi connectivity index (χ3v) is 2.96. The lowest BCUT2D eigenvalue weighted by Gasteiger charge is -2.17. The van der Waals surface area contributed by atoms with Gasteiger partial charge < -0.3 is 10.6 Å². The van der Waals surface area contributed by atoms with Crippen LogP contribution in [-0.2, 0) is 4.79 Å². The van der Waals surface area contributed by atoms with Crippen LogP contribution in [0, 0.1) is 0 Å². The second-order valence-electron chi connectivity index (χ2n) is 4.21. The van der Waals surface area contributed by atoms with Crippen molar-refractivity contribution in [1.82, 2.24) is 15.6 Å². The van der Waals surface area contributed by atoms with Gasteiger partial charge >= 0.3 is 0 Å². The first-order valence-corrected chi connectivity index (χ1v) is 5.68. The minimum absolute atomic E-state index is 0.170. The maximum Gasteiger partial charge on any atom is 0.220 e. The molecule has 16 heavy (non-hydrogen) atoms. The van der Waals surface area contributed by atoms with Crippen molar-refractivity contribution in [3.8, 4) is 0 Å². The van der Waals surface area contributed by atoms with Crippen molar-refractivity contribution < 1.29 is 4.79 Å². The highest BCUT2D eigenvalue weighted by Crippen LogP contribution is 2.11. The fourth-order valence-corrected chi connectivity index (χ4v) is 1.92. The molecule has 1 aromatic rings. The molecule has 1 aliphatic rings. The molecular weight excluding hydrogens is 202 g/mol. The zero-order valence-electron chi connectivity index (χ0n) is 9.44. The predicted octanol–water partition coefficient (Wildman–Crippen LogP) is 1.01. The second kappa shape index (κ2) is 5.07. The molecule has 1 fully saturated rings. The Morgan fingerprint density at radius 1 is 1.56 bits per heavy atom. The molecule has 0 bridgehead atoms. The standard InChI is InChI=1S/C12H17N3O/c1-9(10-4-6-13-7-5-10)14-8-11-2-3-12(16)15-11/h4-7,9,11,14H,2-3,8H2,1H3,(H,15,16). The van der Waals surface area contributed by atoms with Crippen molar-refractivity contribution in [2.24, 2.45) is 0 Å². The first-order chi connectivity index (χ1) is 7.75. The zero-order chi connectivity index (χ0) is 11.4. The van der Waals surface area contributed by atoms with Gasteiger partial charge in [0.05, 0.1) is 0 Å². The number of aromatic nitrogens is 1. The molecule has 1 saturated heterocycles. The highest BCUT2D eigenvalue weighted by atomic mass is 16.1. The van der Waals surface area contributed by atoms with Crippen LogP contribution in [0.2, 0.25) is 0 Å². The molecule has 0 saturated carbocycles. The van der Waals surface area contributed by atoms with Gasteiger partial charge in [0.2, 0.25) is 5.91 Å². The van der Waals surface area contributed by atoms with Crippen LogP contribution in [0.5, 0.6) is 0 Å². The average Bonchev–Trinajstić information content (AvgIpc) is 2.73. The van der Waals surface area contributed by atoms with Crippen molar-refractivity contribution >= 4 is 5.91 Å². The summed E-state index contributed by atoms with van der Waals surface area (Å²) in [5, 5.41) is 6.37. The summed E-state index contributed by atoms with van der Waals surface area (Å²) in [7, 11) is 0. The van der Waals surface area contributed by atoms with Gasteiger partial charge in [0.1, 0.15) is 0 Å². The van der Waals surface area contributed by atoms with E-state index in [1.807, 2.05) is 12.1 Å². The summed E-state index contributed by atoms with van der Waals surface area (Å²) in [6.07, 6.45) is 5.20. The van der Waals surface area contributed by atoms with E-state index in [0.29, 0.717) is 12.5 Å². The summed E-state index contributed by atoms with van der Waals surface area (Å²) in [5.74, 6) is 0.170. The van der Waals surface area contributed by atoms with Crippen LogP contribution in [0.3, 0.4) is 0 Å². The second-order valence-corrected chi connectivity index (χ2v) is 4.21. The third kappa shape index (κ3) is 2.79. The quantitative estimate of drug-likeness (QED) is 0.794. The number of carbonyl (C=O) groups excluding carboxylic acids is 1. The molecule has 0 aliphatic carbocycles. The lowest BCUT2D eigenvalue weighted by molar-refractivity contribution is -0.119. The Balaban J connectivity index is 1.80. The van der Waals surface area contributed by atoms with Crippen LogP contribution < -0.4 is 10.6 Å². The van der Waals surface area contributed by atoms with Crippen molar-refractivity contribution in [3.63, 3.8) is 0 Å². The van der Waals surface area contributed by atoms with Crippen molar-refractivity contribution in [1.29, 1.82) is 0 Å². The van der Waals surface area contributed by atoms with E-state index >= 15 is 0 Å². The van der Waals surface area contributed by atoms with E-state index in [1.165, 1.54) is 5.56 Å². The number of amides is 1. The van der Waals surface area contributed by atoms with Gasteiger partial charge in [-0.3, -0.25) is 9.78 Å². The van der Waals surface area contributed by atoms with Gasteiger partial charge in [0.15, 0.2) is 0 Å². The minimum Gasteiger partial charge on any atom is -0.352 e. The summed E-state index contributed by atoms with van der Waals surface area (Å²) in [5.41, 5.74) is 1.22. The maximum absolute atomic E-state index is 11.0. The van der Waals surface area contributed by atoms with E-state index in [4.69, 9.17) is 0 Å².